The van der Waals surface area contributed by atoms with Crippen molar-refractivity contribution in [3.63, 3.8) is 0 Å². The second-order valence-corrected chi connectivity index (χ2v) is 3.84. The van der Waals surface area contributed by atoms with Gasteiger partial charge >= 0.3 is 0 Å². The lowest BCUT2D eigenvalue weighted by Gasteiger charge is -2.21. The number of nitrogens with zero attached hydrogens (tertiary/aromatic N) is 1. The second kappa shape index (κ2) is 6.06. The van der Waals surface area contributed by atoms with Crippen molar-refractivity contribution in [1.82, 2.24) is 4.90 Å². The van der Waals surface area contributed by atoms with Crippen molar-refractivity contribution in [1.29, 1.82) is 0 Å². The van der Waals surface area contributed by atoms with Crippen molar-refractivity contribution in [3.05, 3.63) is 42.0 Å². The van der Waals surface area contributed by atoms with Crippen LogP contribution in [0.3, 0.4) is 0 Å². The molecule has 0 aliphatic rings. The third-order valence-electron chi connectivity index (χ3n) is 2.50. The molecule has 3 N–H and O–H groups in total. The van der Waals surface area contributed by atoms with Crippen LogP contribution in [0.4, 0.5) is 5.69 Å². The standard InChI is InChI=1S/C13H18N2O2/c1-3-6-15(7-8-16)13(17)12-9-11(14)5-4-10(12)2/h3-5,9,16H,1,6-8,14H2,2H3. The van der Waals surface area contributed by atoms with Crippen LogP contribution in [0.15, 0.2) is 30.9 Å². The third kappa shape index (κ3) is 3.32. The molecule has 0 saturated carbocycles. The number of hydrogen-bond donors (Lipinski definition) is 2. The van der Waals surface area contributed by atoms with Crippen LogP contribution < -0.4 is 5.73 Å². The Labute approximate surface area is 101 Å². The van der Waals surface area contributed by atoms with Crippen LogP contribution in [-0.4, -0.2) is 35.6 Å². The predicted octanol–water partition coefficient (Wildman–Crippen LogP) is 1.20. The van der Waals surface area contributed by atoms with Gasteiger partial charge in [0.05, 0.1) is 6.61 Å². The lowest BCUT2D eigenvalue weighted by molar-refractivity contribution is 0.0742. The van der Waals surface area contributed by atoms with Gasteiger partial charge in [-0.3, -0.25) is 4.79 Å². The molecule has 0 spiro atoms. The van der Waals surface area contributed by atoms with E-state index in [9.17, 15) is 4.79 Å². The number of anilines is 1. The van der Waals surface area contributed by atoms with E-state index in [1.54, 1.807) is 18.2 Å². The molecule has 0 radical (unpaired) electrons. The number of aliphatic hydroxyl groups is 1. The molecule has 92 valence electrons. The molecule has 1 amide bonds. The topological polar surface area (TPSA) is 66.6 Å². The largest absolute Gasteiger partial charge is 0.399 e. The molecule has 1 rings (SSSR count). The maximum absolute atomic E-state index is 12.2. The van der Waals surface area contributed by atoms with Crippen molar-refractivity contribution in [3.8, 4) is 0 Å². The van der Waals surface area contributed by atoms with Crippen LogP contribution in [0.1, 0.15) is 15.9 Å². The van der Waals surface area contributed by atoms with E-state index < -0.39 is 0 Å². The van der Waals surface area contributed by atoms with E-state index in [0.717, 1.165) is 5.56 Å². The van der Waals surface area contributed by atoms with Crippen molar-refractivity contribution in [2.24, 2.45) is 0 Å². The highest BCUT2D eigenvalue weighted by Crippen LogP contribution is 2.15. The van der Waals surface area contributed by atoms with Crippen LogP contribution >= 0.6 is 0 Å². The van der Waals surface area contributed by atoms with Crippen LogP contribution in [0.25, 0.3) is 0 Å². The zero-order chi connectivity index (χ0) is 12.8. The van der Waals surface area contributed by atoms with Crippen molar-refractivity contribution >= 4 is 11.6 Å². The quantitative estimate of drug-likeness (QED) is 0.594. The van der Waals surface area contributed by atoms with Gasteiger partial charge in [0.15, 0.2) is 0 Å². The smallest absolute Gasteiger partial charge is 0.254 e. The highest BCUT2D eigenvalue weighted by atomic mass is 16.3. The summed E-state index contributed by atoms with van der Waals surface area (Å²) in [6.45, 7) is 6.09. The minimum atomic E-state index is -0.135. The number of carbonyl (C=O) groups excluding carboxylic acids is 1. The van der Waals surface area contributed by atoms with E-state index in [0.29, 0.717) is 24.3 Å². The molecule has 0 saturated heterocycles. The number of aryl methyl sites for hydroxylation is 1. The molecule has 0 aliphatic carbocycles. The van der Waals surface area contributed by atoms with Gasteiger partial charge in [0, 0.05) is 24.3 Å². The molecule has 0 atom stereocenters. The van der Waals surface area contributed by atoms with Gasteiger partial charge in [0.25, 0.3) is 5.91 Å². The zero-order valence-electron chi connectivity index (χ0n) is 10.0. The summed E-state index contributed by atoms with van der Waals surface area (Å²) >= 11 is 0. The Balaban J connectivity index is 2.99. The summed E-state index contributed by atoms with van der Waals surface area (Å²) in [6, 6.07) is 5.23. The number of amides is 1. The Morgan fingerprint density at radius 1 is 1.59 bits per heavy atom. The molecule has 0 aliphatic heterocycles. The number of nitrogen functional groups attached to an aromatic ring is 1. The summed E-state index contributed by atoms with van der Waals surface area (Å²) in [5, 5.41) is 8.93. The lowest BCUT2D eigenvalue weighted by Crippen LogP contribution is -2.34. The van der Waals surface area contributed by atoms with Crippen molar-refractivity contribution < 1.29 is 9.90 Å². The summed E-state index contributed by atoms with van der Waals surface area (Å²) in [4.78, 5) is 13.7. The average Bonchev–Trinajstić information content (AvgIpc) is 2.31. The van der Waals surface area contributed by atoms with Crippen LogP contribution in [-0.2, 0) is 0 Å². The summed E-state index contributed by atoms with van der Waals surface area (Å²) in [6.07, 6.45) is 1.63. The van der Waals surface area contributed by atoms with Crippen molar-refractivity contribution in [2.75, 3.05) is 25.4 Å². The van der Waals surface area contributed by atoms with E-state index in [2.05, 4.69) is 6.58 Å². The average molecular weight is 234 g/mol. The molecule has 4 nitrogen and oxygen atoms in total. The molecule has 1 aromatic carbocycles. The Kier molecular flexibility index (Phi) is 4.72. The van der Waals surface area contributed by atoms with E-state index in [1.165, 1.54) is 4.90 Å². The molecule has 0 unspecified atom stereocenters. The van der Waals surface area contributed by atoms with Crippen LogP contribution in [0.5, 0.6) is 0 Å². The van der Waals surface area contributed by atoms with Gasteiger partial charge in [-0.15, -0.1) is 6.58 Å². The normalized spacial score (nSPS) is 10.0. The fraction of sp³-hybridized carbons (Fsp3) is 0.308. The highest BCUT2D eigenvalue weighted by molar-refractivity contribution is 5.96. The van der Waals surface area contributed by atoms with Crippen LogP contribution in [0.2, 0.25) is 0 Å². The molecule has 0 aromatic heterocycles. The van der Waals surface area contributed by atoms with Gasteiger partial charge < -0.3 is 15.7 Å². The van der Waals surface area contributed by atoms with Gasteiger partial charge in [-0.25, -0.2) is 0 Å². The maximum atomic E-state index is 12.2. The first-order chi connectivity index (χ1) is 8.10. The van der Waals surface area contributed by atoms with Gasteiger partial charge in [-0.1, -0.05) is 12.1 Å². The summed E-state index contributed by atoms with van der Waals surface area (Å²) in [7, 11) is 0. The summed E-state index contributed by atoms with van der Waals surface area (Å²) in [5.74, 6) is -0.135. The molecule has 0 heterocycles. The first-order valence-corrected chi connectivity index (χ1v) is 5.47. The molecule has 0 bridgehead atoms. The van der Waals surface area contributed by atoms with E-state index >= 15 is 0 Å². The first kappa shape index (κ1) is 13.3. The van der Waals surface area contributed by atoms with Gasteiger partial charge in [-0.2, -0.15) is 0 Å². The van der Waals surface area contributed by atoms with E-state index in [-0.39, 0.29) is 12.5 Å². The minimum absolute atomic E-state index is 0.0685. The molecular formula is C13H18N2O2. The predicted molar refractivity (Wildman–Crippen MR) is 68.8 cm³/mol. The Hall–Kier alpha value is -1.81. The Morgan fingerprint density at radius 3 is 2.88 bits per heavy atom. The highest BCUT2D eigenvalue weighted by Gasteiger charge is 2.16. The fourth-order valence-electron chi connectivity index (χ4n) is 1.59. The van der Waals surface area contributed by atoms with Crippen molar-refractivity contribution in [2.45, 2.75) is 6.92 Å². The molecule has 17 heavy (non-hydrogen) atoms. The number of benzene rings is 1. The third-order valence-corrected chi connectivity index (χ3v) is 2.50. The number of nitrogens with two attached hydrogens (primary N) is 1. The SMILES string of the molecule is C=CCN(CCO)C(=O)c1cc(N)ccc1C. The lowest BCUT2D eigenvalue weighted by atomic mass is 10.1. The number of hydrogen-bond acceptors (Lipinski definition) is 3. The first-order valence-electron chi connectivity index (χ1n) is 5.47. The molecular weight excluding hydrogens is 216 g/mol. The van der Waals surface area contributed by atoms with Gasteiger partial charge in [0.2, 0.25) is 0 Å². The Morgan fingerprint density at radius 2 is 2.29 bits per heavy atom. The fourth-order valence-corrected chi connectivity index (χ4v) is 1.59. The summed E-state index contributed by atoms with van der Waals surface area (Å²) < 4.78 is 0. The second-order valence-electron chi connectivity index (χ2n) is 3.84. The monoisotopic (exact) mass is 234 g/mol. The zero-order valence-corrected chi connectivity index (χ0v) is 10.0. The van der Waals surface area contributed by atoms with E-state index in [1.807, 2.05) is 13.0 Å². The minimum Gasteiger partial charge on any atom is -0.399 e. The molecule has 1 aromatic rings. The Bertz CT molecular complexity index is 416. The molecule has 0 fully saturated rings. The van der Waals surface area contributed by atoms with Gasteiger partial charge in [-0.05, 0) is 24.6 Å². The number of carbonyl (C=O) groups is 1. The van der Waals surface area contributed by atoms with Gasteiger partial charge in [0.1, 0.15) is 0 Å². The molecule has 4 heteroatoms. The summed E-state index contributed by atoms with van der Waals surface area (Å²) in [5.41, 5.74) is 7.67. The van der Waals surface area contributed by atoms with Crippen LogP contribution in [0, 0.1) is 6.92 Å². The number of aliphatic hydroxyl groups excluding tert-OH is 1. The van der Waals surface area contributed by atoms with E-state index in [4.69, 9.17) is 10.8 Å². The number of rotatable bonds is 5. The maximum Gasteiger partial charge on any atom is 0.254 e.